The summed E-state index contributed by atoms with van der Waals surface area (Å²) >= 11 is 0. The van der Waals surface area contributed by atoms with Gasteiger partial charge in [0.15, 0.2) is 0 Å². The summed E-state index contributed by atoms with van der Waals surface area (Å²) in [4.78, 5) is 12.3. The van der Waals surface area contributed by atoms with Gasteiger partial charge in [-0.15, -0.1) is 0 Å². The van der Waals surface area contributed by atoms with E-state index >= 15 is 0 Å². The Labute approximate surface area is 124 Å². The van der Waals surface area contributed by atoms with Crippen LogP contribution in [-0.4, -0.2) is 16.8 Å². The molecule has 2 aromatic carbocycles. The summed E-state index contributed by atoms with van der Waals surface area (Å²) in [5.41, 5.74) is 3.29. The lowest BCUT2D eigenvalue weighted by Crippen LogP contribution is -2.12. The second-order valence-electron chi connectivity index (χ2n) is 5.01. The van der Waals surface area contributed by atoms with Gasteiger partial charge in [-0.2, -0.15) is 0 Å². The van der Waals surface area contributed by atoms with Gasteiger partial charge < -0.3 is 15.8 Å². The second-order valence-corrected chi connectivity index (χ2v) is 5.01. The van der Waals surface area contributed by atoms with Crippen LogP contribution in [-0.2, 0) is 4.79 Å². The molecule has 0 aliphatic carbocycles. The minimum Gasteiger partial charge on any atom is -0.410 e. The van der Waals surface area contributed by atoms with Crippen LogP contribution in [0, 0.1) is 5.82 Å². The first kappa shape index (κ1) is 12.6. The number of carbonyl (C=O) groups is 1. The molecule has 0 fully saturated rings. The number of oxime groups is 1. The molecule has 22 heavy (non-hydrogen) atoms. The van der Waals surface area contributed by atoms with Gasteiger partial charge in [0.2, 0.25) is 0 Å². The first-order chi connectivity index (χ1) is 10.7. The number of amides is 1. The van der Waals surface area contributed by atoms with Crippen molar-refractivity contribution in [2.45, 2.75) is 0 Å². The molecule has 2 heterocycles. The normalized spacial score (nSPS) is 20.6. The smallest absolute Gasteiger partial charge is 0.258 e. The molecular weight excluding hydrogens is 285 g/mol. The monoisotopic (exact) mass is 295 g/mol. The highest BCUT2D eigenvalue weighted by molar-refractivity contribution is 6.39. The number of carbonyl (C=O) groups excluding carboxylic acids is 1. The fourth-order valence-corrected chi connectivity index (χ4v) is 2.80. The third kappa shape index (κ3) is 1.64. The quantitative estimate of drug-likeness (QED) is 0.397. The van der Waals surface area contributed by atoms with Crippen LogP contribution in [0.2, 0.25) is 0 Å². The van der Waals surface area contributed by atoms with Crippen molar-refractivity contribution in [1.82, 2.24) is 0 Å². The van der Waals surface area contributed by atoms with Gasteiger partial charge in [0, 0.05) is 22.5 Å². The maximum absolute atomic E-state index is 13.5. The SMILES string of the molecule is O=C1Nc2ccc(F)cc2/C1=C1/Nc2ccccc2/C1=N\O. The Morgan fingerprint density at radius 1 is 1.00 bits per heavy atom. The standard InChI is InChI=1S/C16H10FN3O2/c17-8-5-6-12-10(7-8)13(16(21)19-12)15-14(20-22)9-3-1-2-4-11(9)18-15/h1-7,18,22H,(H,19,21)/b15-13-,20-14+. The summed E-state index contributed by atoms with van der Waals surface area (Å²) in [7, 11) is 0. The van der Waals surface area contributed by atoms with E-state index in [0.717, 1.165) is 5.69 Å². The molecule has 1 amide bonds. The van der Waals surface area contributed by atoms with Gasteiger partial charge >= 0.3 is 0 Å². The molecule has 0 radical (unpaired) electrons. The zero-order valence-corrected chi connectivity index (χ0v) is 11.2. The van der Waals surface area contributed by atoms with E-state index in [1.54, 1.807) is 6.07 Å². The van der Waals surface area contributed by atoms with Crippen LogP contribution in [0.3, 0.4) is 0 Å². The third-order valence-corrected chi connectivity index (χ3v) is 3.75. The number of allylic oxidation sites excluding steroid dienone is 1. The third-order valence-electron chi connectivity index (χ3n) is 3.75. The molecule has 0 bridgehead atoms. The molecule has 5 nitrogen and oxygen atoms in total. The summed E-state index contributed by atoms with van der Waals surface area (Å²) in [6, 6.07) is 11.3. The van der Waals surface area contributed by atoms with Crippen molar-refractivity contribution in [1.29, 1.82) is 0 Å². The van der Waals surface area contributed by atoms with E-state index in [4.69, 9.17) is 0 Å². The Hall–Kier alpha value is -3.15. The maximum atomic E-state index is 13.5. The Morgan fingerprint density at radius 3 is 2.59 bits per heavy atom. The van der Waals surface area contributed by atoms with E-state index in [0.29, 0.717) is 22.5 Å². The van der Waals surface area contributed by atoms with Crippen LogP contribution in [0.5, 0.6) is 0 Å². The molecular formula is C16H10FN3O2. The van der Waals surface area contributed by atoms with Gasteiger partial charge in [0.25, 0.3) is 5.91 Å². The molecule has 108 valence electrons. The summed E-state index contributed by atoms with van der Waals surface area (Å²) in [5, 5.41) is 18.4. The van der Waals surface area contributed by atoms with Gasteiger partial charge in [-0.3, -0.25) is 4.79 Å². The lowest BCUT2D eigenvalue weighted by molar-refractivity contribution is -0.110. The molecule has 0 aromatic heterocycles. The minimum absolute atomic E-state index is 0.262. The zero-order valence-electron chi connectivity index (χ0n) is 11.2. The summed E-state index contributed by atoms with van der Waals surface area (Å²) in [5.74, 6) is -0.802. The van der Waals surface area contributed by atoms with E-state index in [1.807, 2.05) is 18.2 Å². The number of benzene rings is 2. The number of anilines is 2. The van der Waals surface area contributed by atoms with Gasteiger partial charge in [0.1, 0.15) is 11.5 Å². The highest BCUT2D eigenvalue weighted by Gasteiger charge is 2.34. The van der Waals surface area contributed by atoms with Crippen LogP contribution >= 0.6 is 0 Å². The van der Waals surface area contributed by atoms with Crippen molar-refractivity contribution in [3.63, 3.8) is 0 Å². The number of hydrogen-bond acceptors (Lipinski definition) is 4. The van der Waals surface area contributed by atoms with Gasteiger partial charge in [0.05, 0.1) is 11.3 Å². The van der Waals surface area contributed by atoms with Gasteiger partial charge in [-0.05, 0) is 24.3 Å². The van der Waals surface area contributed by atoms with Crippen LogP contribution in [0.4, 0.5) is 15.8 Å². The van der Waals surface area contributed by atoms with E-state index in [9.17, 15) is 14.4 Å². The molecule has 4 rings (SSSR count). The van der Waals surface area contributed by atoms with E-state index in [2.05, 4.69) is 15.8 Å². The fraction of sp³-hybridized carbons (Fsp3) is 0. The molecule has 2 aromatic rings. The number of nitrogens with zero attached hydrogens (tertiary/aromatic N) is 1. The summed E-state index contributed by atoms with van der Waals surface area (Å²) in [6.07, 6.45) is 0. The number of para-hydroxylation sites is 1. The molecule has 0 spiro atoms. The van der Waals surface area contributed by atoms with Crippen molar-refractivity contribution in [2.24, 2.45) is 5.16 Å². The first-order valence-electron chi connectivity index (χ1n) is 6.63. The lowest BCUT2D eigenvalue weighted by atomic mass is 10.0. The average molecular weight is 295 g/mol. The molecule has 6 heteroatoms. The van der Waals surface area contributed by atoms with Gasteiger partial charge in [-0.1, -0.05) is 23.4 Å². The molecule has 0 unspecified atom stereocenters. The number of halogens is 1. The highest BCUT2D eigenvalue weighted by atomic mass is 19.1. The zero-order chi connectivity index (χ0) is 15.3. The first-order valence-corrected chi connectivity index (χ1v) is 6.63. The predicted octanol–water partition coefficient (Wildman–Crippen LogP) is 2.79. The Balaban J connectivity index is 1.97. The average Bonchev–Trinajstić information content (AvgIpc) is 3.03. The van der Waals surface area contributed by atoms with E-state index in [1.165, 1.54) is 18.2 Å². The van der Waals surface area contributed by atoms with E-state index < -0.39 is 5.82 Å². The number of rotatable bonds is 0. The van der Waals surface area contributed by atoms with Crippen LogP contribution in [0.1, 0.15) is 11.1 Å². The maximum Gasteiger partial charge on any atom is 0.258 e. The topological polar surface area (TPSA) is 73.7 Å². The Bertz CT molecular complexity index is 887. The molecule has 3 N–H and O–H groups in total. The summed E-state index contributed by atoms with van der Waals surface area (Å²) < 4.78 is 13.5. The lowest BCUT2D eigenvalue weighted by Gasteiger charge is -2.05. The highest BCUT2D eigenvalue weighted by Crippen LogP contribution is 2.39. The number of fused-ring (bicyclic) bond motifs is 2. The fourth-order valence-electron chi connectivity index (χ4n) is 2.80. The summed E-state index contributed by atoms with van der Waals surface area (Å²) in [6.45, 7) is 0. The van der Waals surface area contributed by atoms with Crippen LogP contribution in [0.25, 0.3) is 5.57 Å². The molecule has 2 aliphatic heterocycles. The largest absolute Gasteiger partial charge is 0.410 e. The van der Waals surface area contributed by atoms with Crippen LogP contribution in [0.15, 0.2) is 53.3 Å². The Kier molecular flexibility index (Phi) is 2.53. The van der Waals surface area contributed by atoms with Crippen molar-refractivity contribution in [2.75, 3.05) is 10.6 Å². The van der Waals surface area contributed by atoms with Crippen molar-refractivity contribution < 1.29 is 14.4 Å². The van der Waals surface area contributed by atoms with Crippen molar-refractivity contribution in [3.05, 3.63) is 65.1 Å². The molecule has 2 aliphatic rings. The minimum atomic E-state index is -0.439. The van der Waals surface area contributed by atoms with E-state index in [-0.39, 0.29) is 17.2 Å². The van der Waals surface area contributed by atoms with Crippen molar-refractivity contribution >= 4 is 28.6 Å². The molecule has 0 atom stereocenters. The second kappa shape index (κ2) is 4.42. The predicted molar refractivity (Wildman–Crippen MR) is 80.3 cm³/mol. The molecule has 0 saturated carbocycles. The number of hydrogen-bond donors (Lipinski definition) is 3. The Morgan fingerprint density at radius 2 is 1.77 bits per heavy atom. The number of nitrogens with one attached hydrogen (secondary N) is 2. The van der Waals surface area contributed by atoms with Crippen molar-refractivity contribution in [3.8, 4) is 0 Å². The van der Waals surface area contributed by atoms with Crippen LogP contribution < -0.4 is 10.6 Å². The van der Waals surface area contributed by atoms with Gasteiger partial charge in [-0.25, -0.2) is 4.39 Å². The molecule has 0 saturated heterocycles.